The van der Waals surface area contributed by atoms with Crippen molar-refractivity contribution in [3.63, 3.8) is 0 Å². The van der Waals surface area contributed by atoms with Gasteiger partial charge in [-0.1, -0.05) is 60.2 Å². The van der Waals surface area contributed by atoms with Gasteiger partial charge in [0.1, 0.15) is 0 Å². The molecule has 0 amide bonds. The predicted octanol–water partition coefficient (Wildman–Crippen LogP) is 3.38. The summed E-state index contributed by atoms with van der Waals surface area (Å²) in [6.07, 6.45) is 12.2. The van der Waals surface area contributed by atoms with Crippen molar-refractivity contribution in [3.05, 3.63) is 71.3 Å². The molecule has 1 aromatic carbocycles. The summed E-state index contributed by atoms with van der Waals surface area (Å²) >= 11 is 0. The average molecular weight is 280 g/mol. The van der Waals surface area contributed by atoms with E-state index < -0.39 is 0 Å². The maximum atomic E-state index is 3.46. The van der Waals surface area contributed by atoms with Crippen molar-refractivity contribution in [2.75, 3.05) is 26.2 Å². The minimum atomic E-state index is 0.378. The summed E-state index contributed by atoms with van der Waals surface area (Å²) in [6.45, 7) is 6.56. The van der Waals surface area contributed by atoms with Gasteiger partial charge in [-0.2, -0.15) is 0 Å². The van der Waals surface area contributed by atoms with Crippen molar-refractivity contribution in [2.45, 2.75) is 19.4 Å². The number of rotatable bonds is 3. The first kappa shape index (κ1) is 14.3. The molecule has 0 radical (unpaired) electrons. The molecule has 0 aromatic heterocycles. The number of hydrogen-bond donors (Lipinski definition) is 1. The molecule has 3 rings (SSSR count). The van der Waals surface area contributed by atoms with Crippen LogP contribution in [0.15, 0.2) is 60.2 Å². The lowest BCUT2D eigenvalue weighted by atomic mass is 9.94. The van der Waals surface area contributed by atoms with E-state index in [2.05, 4.69) is 71.8 Å². The third-order valence-electron chi connectivity index (χ3n) is 4.22. The van der Waals surface area contributed by atoms with E-state index in [4.69, 9.17) is 0 Å². The van der Waals surface area contributed by atoms with Crippen LogP contribution in [0.1, 0.15) is 23.6 Å². The van der Waals surface area contributed by atoms with Crippen molar-refractivity contribution < 1.29 is 0 Å². The molecule has 1 aliphatic heterocycles. The Bertz CT molecular complexity index is 563. The lowest BCUT2D eigenvalue weighted by molar-refractivity contribution is 0.198. The fourth-order valence-electron chi connectivity index (χ4n) is 3.19. The second kappa shape index (κ2) is 6.88. The molecule has 2 heteroatoms. The Morgan fingerprint density at radius 2 is 2.00 bits per heavy atom. The monoisotopic (exact) mass is 280 g/mol. The van der Waals surface area contributed by atoms with Gasteiger partial charge in [0.25, 0.3) is 0 Å². The van der Waals surface area contributed by atoms with E-state index in [1.54, 1.807) is 0 Å². The van der Waals surface area contributed by atoms with E-state index in [0.29, 0.717) is 6.04 Å². The van der Waals surface area contributed by atoms with E-state index in [9.17, 15) is 0 Å². The Hall–Kier alpha value is -1.64. The van der Waals surface area contributed by atoms with Gasteiger partial charge in [-0.15, -0.1) is 0 Å². The molecule has 1 fully saturated rings. The molecule has 21 heavy (non-hydrogen) atoms. The Kier molecular flexibility index (Phi) is 4.69. The van der Waals surface area contributed by atoms with Crippen molar-refractivity contribution in [1.29, 1.82) is 0 Å². The predicted molar refractivity (Wildman–Crippen MR) is 89.3 cm³/mol. The fraction of sp³-hybridized carbons (Fsp3) is 0.368. The van der Waals surface area contributed by atoms with Crippen LogP contribution >= 0.6 is 0 Å². The largest absolute Gasteiger partial charge is 0.314 e. The van der Waals surface area contributed by atoms with E-state index in [0.717, 1.165) is 32.6 Å². The van der Waals surface area contributed by atoms with Crippen LogP contribution in [0.25, 0.3) is 0 Å². The minimum absolute atomic E-state index is 0.378. The van der Waals surface area contributed by atoms with Gasteiger partial charge in [-0.05, 0) is 24.5 Å². The molecule has 0 saturated carbocycles. The van der Waals surface area contributed by atoms with Gasteiger partial charge in [0.15, 0.2) is 0 Å². The number of piperazine rings is 1. The summed E-state index contributed by atoms with van der Waals surface area (Å²) in [5, 5.41) is 3.46. The highest BCUT2D eigenvalue weighted by atomic mass is 15.2. The molecule has 1 unspecified atom stereocenters. The van der Waals surface area contributed by atoms with Gasteiger partial charge in [0.2, 0.25) is 0 Å². The lowest BCUT2D eigenvalue weighted by Gasteiger charge is -2.36. The van der Waals surface area contributed by atoms with Gasteiger partial charge >= 0.3 is 0 Å². The van der Waals surface area contributed by atoms with Crippen LogP contribution in [-0.4, -0.2) is 31.1 Å². The van der Waals surface area contributed by atoms with Crippen molar-refractivity contribution in [3.8, 4) is 0 Å². The summed E-state index contributed by atoms with van der Waals surface area (Å²) in [6, 6.07) is 9.34. The number of nitrogens with zero attached hydrogens (tertiary/aromatic N) is 1. The number of aryl methyl sites for hydroxylation is 1. The van der Waals surface area contributed by atoms with Crippen molar-refractivity contribution in [2.24, 2.45) is 0 Å². The zero-order valence-corrected chi connectivity index (χ0v) is 12.8. The van der Waals surface area contributed by atoms with Gasteiger partial charge in [-0.25, -0.2) is 0 Å². The van der Waals surface area contributed by atoms with Gasteiger partial charge in [0.05, 0.1) is 6.04 Å². The highest BCUT2D eigenvalue weighted by Crippen LogP contribution is 2.31. The molecule has 1 saturated heterocycles. The molecule has 1 aliphatic carbocycles. The topological polar surface area (TPSA) is 15.3 Å². The molecular weight excluding hydrogens is 256 g/mol. The summed E-state index contributed by atoms with van der Waals surface area (Å²) in [5.41, 5.74) is 4.17. The minimum Gasteiger partial charge on any atom is -0.314 e. The second-order valence-corrected chi connectivity index (χ2v) is 5.83. The van der Waals surface area contributed by atoms with Gasteiger partial charge < -0.3 is 5.32 Å². The summed E-state index contributed by atoms with van der Waals surface area (Å²) in [7, 11) is 0. The summed E-state index contributed by atoms with van der Waals surface area (Å²) in [5.74, 6) is 0. The van der Waals surface area contributed by atoms with Crippen LogP contribution in [0.5, 0.6) is 0 Å². The Labute approximate surface area is 127 Å². The number of hydrogen-bond acceptors (Lipinski definition) is 2. The first-order valence-electron chi connectivity index (χ1n) is 7.89. The molecule has 110 valence electrons. The van der Waals surface area contributed by atoms with Crippen LogP contribution in [0.2, 0.25) is 0 Å². The van der Waals surface area contributed by atoms with Gasteiger partial charge in [0, 0.05) is 26.2 Å². The second-order valence-electron chi connectivity index (χ2n) is 5.83. The normalized spacial score (nSPS) is 20.9. The molecule has 1 atom stereocenters. The highest BCUT2D eigenvalue weighted by molar-refractivity contribution is 5.38. The summed E-state index contributed by atoms with van der Waals surface area (Å²) < 4.78 is 0. The number of allylic oxidation sites excluding steroid dienone is 4. The van der Waals surface area contributed by atoms with Crippen molar-refractivity contribution in [1.82, 2.24) is 10.2 Å². The van der Waals surface area contributed by atoms with E-state index in [-0.39, 0.29) is 0 Å². The fourth-order valence-corrected chi connectivity index (χ4v) is 3.19. The van der Waals surface area contributed by atoms with E-state index >= 15 is 0 Å². The first-order chi connectivity index (χ1) is 10.3. The van der Waals surface area contributed by atoms with Crippen LogP contribution in [0.4, 0.5) is 0 Å². The molecule has 0 bridgehead atoms. The Balaban J connectivity index is 1.95. The average Bonchev–Trinajstić information content (AvgIpc) is 2.78. The zero-order chi connectivity index (χ0) is 14.5. The third-order valence-corrected chi connectivity index (χ3v) is 4.22. The standard InChI is InChI=1S/C19H24N2/c1-16-7-6-10-18(15-16)19(21-13-11-20-12-14-21)17-8-4-2-3-5-9-17/h2-4,6-10,15,19-20H,5,11-14H2,1H3. The van der Waals surface area contributed by atoms with Crippen LogP contribution in [0.3, 0.4) is 0 Å². The van der Waals surface area contributed by atoms with E-state index in [1.807, 2.05) is 0 Å². The number of benzene rings is 1. The lowest BCUT2D eigenvalue weighted by Crippen LogP contribution is -2.45. The van der Waals surface area contributed by atoms with Crippen LogP contribution in [0, 0.1) is 6.92 Å². The maximum absolute atomic E-state index is 3.46. The Morgan fingerprint density at radius 3 is 2.81 bits per heavy atom. The van der Waals surface area contributed by atoms with E-state index in [1.165, 1.54) is 16.7 Å². The SMILES string of the molecule is Cc1cccc(C(C2=CCC=CC=C2)N2CCNCC2)c1. The zero-order valence-electron chi connectivity index (χ0n) is 12.8. The third kappa shape index (κ3) is 3.52. The number of nitrogens with one attached hydrogen (secondary N) is 1. The van der Waals surface area contributed by atoms with Crippen LogP contribution < -0.4 is 5.32 Å². The molecule has 2 nitrogen and oxygen atoms in total. The smallest absolute Gasteiger partial charge is 0.0599 e. The summed E-state index contributed by atoms with van der Waals surface area (Å²) in [4.78, 5) is 2.60. The quantitative estimate of drug-likeness (QED) is 0.913. The molecule has 0 spiro atoms. The molecule has 2 aliphatic rings. The molecular formula is C19H24N2. The van der Waals surface area contributed by atoms with Crippen molar-refractivity contribution >= 4 is 0 Å². The highest BCUT2D eigenvalue weighted by Gasteiger charge is 2.24. The Morgan fingerprint density at radius 1 is 1.14 bits per heavy atom. The first-order valence-corrected chi connectivity index (χ1v) is 7.89. The van der Waals surface area contributed by atoms with Crippen LogP contribution in [-0.2, 0) is 0 Å². The van der Waals surface area contributed by atoms with Gasteiger partial charge in [-0.3, -0.25) is 4.90 Å². The molecule has 1 heterocycles. The molecule has 1 N–H and O–H groups in total. The molecule has 1 aromatic rings. The maximum Gasteiger partial charge on any atom is 0.0599 e.